The summed E-state index contributed by atoms with van der Waals surface area (Å²) in [7, 11) is 3.75. The predicted molar refractivity (Wildman–Crippen MR) is 72.1 cm³/mol. The number of hydrogen-bond acceptors (Lipinski definition) is 3. The molecular weight excluding hydrogens is 214 g/mol. The molecule has 0 bridgehead atoms. The lowest BCUT2D eigenvalue weighted by Crippen LogP contribution is -2.23. The van der Waals surface area contributed by atoms with Gasteiger partial charge in [-0.15, -0.1) is 0 Å². The number of unbranched alkanes of at least 4 members (excludes halogenated alkanes) is 7. The standard InChI is InChI=1S/C14H29NO2/c1-4-5-6-7-8-9-10-11-12-17-14(16)13-15(2)3/h4-13H2,1-3H3. The van der Waals surface area contributed by atoms with Crippen molar-refractivity contribution in [3.63, 3.8) is 0 Å². The van der Waals surface area contributed by atoms with E-state index in [2.05, 4.69) is 6.92 Å². The van der Waals surface area contributed by atoms with Crippen LogP contribution in [0.3, 0.4) is 0 Å². The van der Waals surface area contributed by atoms with Crippen LogP contribution in [0.1, 0.15) is 58.3 Å². The van der Waals surface area contributed by atoms with E-state index in [1.54, 1.807) is 0 Å². The molecule has 17 heavy (non-hydrogen) atoms. The van der Waals surface area contributed by atoms with Gasteiger partial charge in [0.2, 0.25) is 0 Å². The van der Waals surface area contributed by atoms with Crippen LogP contribution in [0.25, 0.3) is 0 Å². The number of ether oxygens (including phenoxy) is 1. The van der Waals surface area contributed by atoms with Crippen molar-refractivity contribution in [3.05, 3.63) is 0 Å². The Morgan fingerprint density at radius 1 is 0.941 bits per heavy atom. The Balaban J connectivity index is 3.10. The van der Waals surface area contributed by atoms with Crippen LogP contribution in [0, 0.1) is 0 Å². The maximum atomic E-state index is 11.2. The minimum Gasteiger partial charge on any atom is -0.465 e. The highest BCUT2D eigenvalue weighted by molar-refractivity contribution is 5.71. The Bertz CT molecular complexity index is 181. The first-order chi connectivity index (χ1) is 8.16. The fourth-order valence-corrected chi connectivity index (χ4v) is 1.73. The summed E-state index contributed by atoms with van der Waals surface area (Å²) in [5.41, 5.74) is 0. The Morgan fingerprint density at radius 3 is 2.00 bits per heavy atom. The molecule has 0 aliphatic carbocycles. The molecule has 0 aromatic heterocycles. The fraction of sp³-hybridized carbons (Fsp3) is 0.929. The van der Waals surface area contributed by atoms with E-state index in [0.717, 1.165) is 6.42 Å². The highest BCUT2D eigenvalue weighted by Gasteiger charge is 2.03. The predicted octanol–water partition coefficient (Wildman–Crippen LogP) is 3.23. The van der Waals surface area contributed by atoms with E-state index in [4.69, 9.17) is 4.74 Å². The molecule has 0 amide bonds. The van der Waals surface area contributed by atoms with Gasteiger partial charge < -0.3 is 4.74 Å². The summed E-state index contributed by atoms with van der Waals surface area (Å²) in [5.74, 6) is -0.113. The minimum absolute atomic E-state index is 0.113. The molecular formula is C14H29NO2. The first-order valence-electron chi connectivity index (χ1n) is 6.97. The van der Waals surface area contributed by atoms with Crippen molar-refractivity contribution in [3.8, 4) is 0 Å². The highest BCUT2D eigenvalue weighted by Crippen LogP contribution is 2.08. The molecule has 3 heteroatoms. The van der Waals surface area contributed by atoms with Crippen LogP contribution in [0.2, 0.25) is 0 Å². The summed E-state index contributed by atoms with van der Waals surface area (Å²) >= 11 is 0. The third-order valence-electron chi connectivity index (χ3n) is 2.71. The van der Waals surface area contributed by atoms with Gasteiger partial charge >= 0.3 is 5.97 Å². The smallest absolute Gasteiger partial charge is 0.320 e. The summed E-state index contributed by atoms with van der Waals surface area (Å²) < 4.78 is 5.12. The number of likely N-dealkylation sites (N-methyl/N-ethyl adjacent to an activating group) is 1. The van der Waals surface area contributed by atoms with Crippen LogP contribution in [-0.2, 0) is 9.53 Å². The normalized spacial score (nSPS) is 10.8. The third kappa shape index (κ3) is 13.4. The van der Waals surface area contributed by atoms with E-state index < -0.39 is 0 Å². The highest BCUT2D eigenvalue weighted by atomic mass is 16.5. The van der Waals surface area contributed by atoms with Crippen molar-refractivity contribution >= 4 is 5.97 Å². The van der Waals surface area contributed by atoms with Crippen LogP contribution < -0.4 is 0 Å². The number of carbonyl (C=O) groups excluding carboxylic acids is 1. The maximum absolute atomic E-state index is 11.2. The Kier molecular flexibility index (Phi) is 11.5. The second-order valence-corrected chi connectivity index (χ2v) is 4.93. The zero-order chi connectivity index (χ0) is 12.9. The molecule has 0 spiro atoms. The molecule has 0 aromatic carbocycles. The van der Waals surface area contributed by atoms with E-state index in [9.17, 15) is 4.79 Å². The van der Waals surface area contributed by atoms with E-state index in [-0.39, 0.29) is 5.97 Å². The van der Waals surface area contributed by atoms with Gasteiger partial charge in [0.05, 0.1) is 13.2 Å². The van der Waals surface area contributed by atoms with Crippen LogP contribution in [0.15, 0.2) is 0 Å². The molecule has 0 rings (SSSR count). The topological polar surface area (TPSA) is 29.5 Å². The molecule has 0 unspecified atom stereocenters. The number of carbonyl (C=O) groups is 1. The minimum atomic E-state index is -0.113. The average Bonchev–Trinajstić information content (AvgIpc) is 2.26. The molecule has 0 heterocycles. The Morgan fingerprint density at radius 2 is 1.47 bits per heavy atom. The molecule has 0 fully saturated rings. The molecule has 102 valence electrons. The van der Waals surface area contributed by atoms with E-state index in [1.165, 1.54) is 44.9 Å². The van der Waals surface area contributed by atoms with Crippen molar-refractivity contribution in [2.75, 3.05) is 27.2 Å². The van der Waals surface area contributed by atoms with Crippen LogP contribution in [0.4, 0.5) is 0 Å². The summed E-state index contributed by atoms with van der Waals surface area (Å²) in [5, 5.41) is 0. The lowest BCUT2D eigenvalue weighted by atomic mass is 10.1. The van der Waals surface area contributed by atoms with Gasteiger partial charge in [-0.05, 0) is 20.5 Å². The monoisotopic (exact) mass is 243 g/mol. The first kappa shape index (κ1) is 16.4. The van der Waals surface area contributed by atoms with Gasteiger partial charge in [-0.2, -0.15) is 0 Å². The summed E-state index contributed by atoms with van der Waals surface area (Å²) in [4.78, 5) is 13.0. The zero-order valence-corrected chi connectivity index (χ0v) is 11.8. The second kappa shape index (κ2) is 11.9. The summed E-state index contributed by atoms with van der Waals surface area (Å²) in [6.45, 7) is 3.21. The van der Waals surface area contributed by atoms with Crippen molar-refractivity contribution in [1.82, 2.24) is 4.90 Å². The number of esters is 1. The van der Waals surface area contributed by atoms with Crippen LogP contribution in [-0.4, -0.2) is 38.1 Å². The molecule has 0 saturated heterocycles. The van der Waals surface area contributed by atoms with E-state index >= 15 is 0 Å². The number of rotatable bonds is 11. The van der Waals surface area contributed by atoms with Crippen LogP contribution >= 0.6 is 0 Å². The van der Waals surface area contributed by atoms with Crippen molar-refractivity contribution in [1.29, 1.82) is 0 Å². The molecule has 0 saturated carbocycles. The Hall–Kier alpha value is -0.570. The second-order valence-electron chi connectivity index (χ2n) is 4.93. The van der Waals surface area contributed by atoms with Crippen molar-refractivity contribution in [2.24, 2.45) is 0 Å². The van der Waals surface area contributed by atoms with Gasteiger partial charge in [0.1, 0.15) is 0 Å². The maximum Gasteiger partial charge on any atom is 0.320 e. The van der Waals surface area contributed by atoms with E-state index in [1.807, 2.05) is 19.0 Å². The molecule has 0 N–H and O–H groups in total. The molecule has 3 nitrogen and oxygen atoms in total. The van der Waals surface area contributed by atoms with Gasteiger partial charge in [-0.1, -0.05) is 51.9 Å². The third-order valence-corrected chi connectivity index (χ3v) is 2.71. The lowest BCUT2D eigenvalue weighted by Gasteiger charge is -2.09. The summed E-state index contributed by atoms with van der Waals surface area (Å²) in [6, 6.07) is 0. The fourth-order valence-electron chi connectivity index (χ4n) is 1.73. The van der Waals surface area contributed by atoms with Crippen molar-refractivity contribution < 1.29 is 9.53 Å². The number of nitrogens with zero attached hydrogens (tertiary/aromatic N) is 1. The Labute approximate surface area is 107 Å². The van der Waals surface area contributed by atoms with Gasteiger partial charge in [-0.25, -0.2) is 0 Å². The van der Waals surface area contributed by atoms with Crippen molar-refractivity contribution in [2.45, 2.75) is 58.3 Å². The lowest BCUT2D eigenvalue weighted by molar-refractivity contribution is -0.144. The molecule has 0 aromatic rings. The molecule has 0 aliphatic heterocycles. The quantitative estimate of drug-likeness (QED) is 0.412. The zero-order valence-electron chi connectivity index (χ0n) is 11.8. The SMILES string of the molecule is CCCCCCCCCCOC(=O)CN(C)C. The van der Waals surface area contributed by atoms with Gasteiger partial charge in [0, 0.05) is 0 Å². The molecule has 0 radical (unpaired) electrons. The van der Waals surface area contributed by atoms with Crippen LogP contribution in [0.5, 0.6) is 0 Å². The average molecular weight is 243 g/mol. The van der Waals surface area contributed by atoms with Gasteiger partial charge in [0.25, 0.3) is 0 Å². The largest absolute Gasteiger partial charge is 0.465 e. The molecule has 0 aliphatic rings. The summed E-state index contributed by atoms with van der Waals surface area (Å²) in [6.07, 6.45) is 10.2. The number of hydrogen-bond donors (Lipinski definition) is 0. The molecule has 0 atom stereocenters. The van der Waals surface area contributed by atoms with E-state index in [0.29, 0.717) is 13.2 Å². The first-order valence-corrected chi connectivity index (χ1v) is 6.97. The van der Waals surface area contributed by atoms with Gasteiger partial charge in [-0.3, -0.25) is 9.69 Å². The van der Waals surface area contributed by atoms with Gasteiger partial charge in [0.15, 0.2) is 0 Å².